The molecule has 0 spiro atoms. The van der Waals surface area contributed by atoms with Crippen molar-refractivity contribution in [2.24, 2.45) is 5.84 Å². The Morgan fingerprint density at radius 1 is 1.67 bits per heavy atom. The lowest BCUT2D eigenvalue weighted by atomic mass is 10.1. The first kappa shape index (κ1) is 13.4. The Kier molecular flexibility index (Phi) is 2.87. The van der Waals surface area contributed by atoms with Gasteiger partial charge in [-0.3, -0.25) is 10.6 Å². The van der Waals surface area contributed by atoms with Crippen LogP contribution in [0.15, 0.2) is 23.6 Å². The van der Waals surface area contributed by atoms with Gasteiger partial charge in [0.25, 0.3) is 0 Å². The summed E-state index contributed by atoms with van der Waals surface area (Å²) in [5, 5.41) is 9.67. The molecule has 3 rings (SSSR count). The van der Waals surface area contributed by atoms with Gasteiger partial charge >= 0.3 is 0 Å². The molecule has 0 radical (unpaired) electrons. The molecule has 1 atom stereocenters. The highest BCUT2D eigenvalue weighted by Gasteiger charge is 2.26. The number of anilines is 1. The average Bonchev–Trinajstić information content (AvgIpc) is 2.44. The van der Waals surface area contributed by atoms with Gasteiger partial charge in [0.1, 0.15) is 18.1 Å². The zero-order valence-corrected chi connectivity index (χ0v) is 11.3. The fourth-order valence-corrected chi connectivity index (χ4v) is 2.57. The Morgan fingerprint density at radius 3 is 3.00 bits per heavy atom. The average molecular weight is 291 g/mol. The van der Waals surface area contributed by atoms with E-state index in [-0.39, 0.29) is 34.2 Å². The number of nitrogens with zero attached hydrogens (tertiary/aromatic N) is 1. The van der Waals surface area contributed by atoms with Crippen molar-refractivity contribution in [3.8, 4) is 5.75 Å². The second-order valence-electron chi connectivity index (χ2n) is 4.99. The molecule has 1 aliphatic heterocycles. The molecule has 0 bridgehead atoms. The van der Waals surface area contributed by atoms with Crippen LogP contribution in [-0.2, 0) is 0 Å². The monoisotopic (exact) mass is 291 g/mol. The smallest absolute Gasteiger partial charge is 0.200 e. The molecule has 7 heteroatoms. The number of ether oxygens (including phenoxy) is 1. The third-order valence-corrected chi connectivity index (χ3v) is 3.62. The van der Waals surface area contributed by atoms with Gasteiger partial charge in [-0.05, 0) is 13.0 Å². The SMILES string of the molecule is C=C(O)c1cn2c3c(c(NN)c(F)cc3c1=O)OC[C@@H]2C. The van der Waals surface area contributed by atoms with Crippen molar-refractivity contribution in [3.05, 3.63) is 40.4 Å². The molecular weight excluding hydrogens is 277 g/mol. The number of halogens is 1. The minimum Gasteiger partial charge on any atom is -0.508 e. The normalized spacial score (nSPS) is 16.6. The first-order valence-corrected chi connectivity index (χ1v) is 6.34. The summed E-state index contributed by atoms with van der Waals surface area (Å²) < 4.78 is 21.4. The van der Waals surface area contributed by atoms with E-state index in [0.29, 0.717) is 12.1 Å². The first-order valence-electron chi connectivity index (χ1n) is 6.34. The van der Waals surface area contributed by atoms with Gasteiger partial charge in [-0.25, -0.2) is 4.39 Å². The van der Waals surface area contributed by atoms with Crippen molar-refractivity contribution >= 4 is 22.3 Å². The number of aliphatic hydroxyl groups excluding tert-OH is 1. The quantitative estimate of drug-likeness (QED) is 0.447. The Bertz CT molecular complexity index is 829. The number of pyridine rings is 1. The fraction of sp³-hybridized carbons (Fsp3) is 0.214. The number of hydrazine groups is 1. The summed E-state index contributed by atoms with van der Waals surface area (Å²) in [6.07, 6.45) is 1.50. The maximum Gasteiger partial charge on any atom is 0.200 e. The van der Waals surface area contributed by atoms with Gasteiger partial charge in [0, 0.05) is 6.20 Å². The lowest BCUT2D eigenvalue weighted by Crippen LogP contribution is -2.26. The summed E-state index contributed by atoms with van der Waals surface area (Å²) in [7, 11) is 0. The predicted octanol–water partition coefficient (Wildman–Crippen LogP) is 1.91. The number of benzene rings is 1. The minimum atomic E-state index is -0.695. The van der Waals surface area contributed by atoms with Crippen molar-refractivity contribution in [2.45, 2.75) is 13.0 Å². The summed E-state index contributed by atoms with van der Waals surface area (Å²) in [5.74, 6) is 4.47. The van der Waals surface area contributed by atoms with Gasteiger partial charge in [-0.2, -0.15) is 0 Å². The number of hydrogen-bond donors (Lipinski definition) is 3. The van der Waals surface area contributed by atoms with E-state index >= 15 is 0 Å². The summed E-state index contributed by atoms with van der Waals surface area (Å²) in [6.45, 7) is 5.55. The second kappa shape index (κ2) is 4.49. The molecule has 0 saturated heterocycles. The van der Waals surface area contributed by atoms with Crippen LogP contribution in [-0.4, -0.2) is 16.3 Å². The van der Waals surface area contributed by atoms with Crippen LogP contribution in [0.2, 0.25) is 0 Å². The number of nitrogen functional groups attached to an aromatic ring is 1. The molecule has 6 nitrogen and oxygen atoms in total. The Hall–Kier alpha value is -2.54. The van der Waals surface area contributed by atoms with E-state index < -0.39 is 11.2 Å². The van der Waals surface area contributed by atoms with E-state index in [1.54, 1.807) is 4.57 Å². The molecule has 1 aromatic carbocycles. The molecule has 0 amide bonds. The maximum absolute atomic E-state index is 14.1. The highest BCUT2D eigenvalue weighted by atomic mass is 19.1. The highest BCUT2D eigenvalue weighted by Crippen LogP contribution is 2.39. The van der Waals surface area contributed by atoms with Crippen molar-refractivity contribution in [1.29, 1.82) is 0 Å². The largest absolute Gasteiger partial charge is 0.508 e. The van der Waals surface area contributed by atoms with E-state index in [1.165, 1.54) is 6.20 Å². The Morgan fingerprint density at radius 2 is 2.38 bits per heavy atom. The van der Waals surface area contributed by atoms with Crippen LogP contribution in [0.25, 0.3) is 16.7 Å². The second-order valence-corrected chi connectivity index (χ2v) is 4.99. The van der Waals surface area contributed by atoms with Crippen molar-refractivity contribution < 1.29 is 14.2 Å². The minimum absolute atomic E-state index is 0.00174. The molecule has 0 unspecified atom stereocenters. The molecule has 4 N–H and O–H groups in total. The molecule has 1 aromatic heterocycles. The van der Waals surface area contributed by atoms with Gasteiger partial charge in [0.15, 0.2) is 11.6 Å². The van der Waals surface area contributed by atoms with Crippen LogP contribution in [0.5, 0.6) is 5.75 Å². The van der Waals surface area contributed by atoms with Gasteiger partial charge < -0.3 is 19.8 Å². The third kappa shape index (κ3) is 1.78. The van der Waals surface area contributed by atoms with Crippen molar-refractivity contribution in [3.63, 3.8) is 0 Å². The molecule has 2 heterocycles. The Balaban J connectivity index is 2.55. The van der Waals surface area contributed by atoms with Gasteiger partial charge in [0.05, 0.1) is 22.5 Å². The van der Waals surface area contributed by atoms with E-state index in [1.807, 2.05) is 6.92 Å². The lowest BCUT2D eigenvalue weighted by molar-refractivity contribution is 0.247. The summed E-state index contributed by atoms with van der Waals surface area (Å²) >= 11 is 0. The van der Waals surface area contributed by atoms with E-state index in [0.717, 1.165) is 6.07 Å². The number of hydrogen-bond acceptors (Lipinski definition) is 5. The number of aliphatic hydroxyl groups is 1. The summed E-state index contributed by atoms with van der Waals surface area (Å²) in [6, 6.07) is 0.996. The molecule has 2 aromatic rings. The molecule has 0 saturated carbocycles. The highest BCUT2D eigenvalue weighted by molar-refractivity contribution is 5.92. The number of rotatable bonds is 2. The first-order chi connectivity index (χ1) is 9.95. The molecule has 21 heavy (non-hydrogen) atoms. The number of nitrogens with two attached hydrogens (primary N) is 1. The van der Waals surface area contributed by atoms with Crippen LogP contribution in [0.1, 0.15) is 18.5 Å². The zero-order chi connectivity index (χ0) is 15.3. The zero-order valence-electron chi connectivity index (χ0n) is 11.3. The Labute approximate surface area is 119 Å². The van der Waals surface area contributed by atoms with E-state index in [2.05, 4.69) is 12.0 Å². The molecule has 0 fully saturated rings. The molecule has 1 aliphatic rings. The number of nitrogens with one attached hydrogen (secondary N) is 1. The van der Waals surface area contributed by atoms with Crippen LogP contribution in [0, 0.1) is 5.82 Å². The number of aromatic nitrogens is 1. The van der Waals surface area contributed by atoms with E-state index in [9.17, 15) is 14.3 Å². The maximum atomic E-state index is 14.1. The van der Waals surface area contributed by atoms with Gasteiger partial charge in [-0.15, -0.1) is 0 Å². The van der Waals surface area contributed by atoms with Crippen molar-refractivity contribution in [1.82, 2.24) is 4.57 Å². The molecule has 110 valence electrons. The lowest BCUT2D eigenvalue weighted by Gasteiger charge is -2.28. The van der Waals surface area contributed by atoms with Crippen molar-refractivity contribution in [2.75, 3.05) is 12.0 Å². The van der Waals surface area contributed by atoms with Crippen LogP contribution in [0.3, 0.4) is 0 Å². The van der Waals surface area contributed by atoms with Crippen LogP contribution < -0.4 is 21.4 Å². The van der Waals surface area contributed by atoms with Crippen LogP contribution >= 0.6 is 0 Å². The topological polar surface area (TPSA) is 89.5 Å². The summed E-state index contributed by atoms with van der Waals surface area (Å²) in [4.78, 5) is 12.4. The standard InChI is InChI=1S/C14H14FN3O3/c1-6-5-21-14-11(17-16)10(15)3-8-12(14)18(6)4-9(7(2)19)13(8)20/h3-4,6,17,19H,2,5,16H2,1H3/t6-/m0/s1. The van der Waals surface area contributed by atoms with Gasteiger partial charge in [-0.1, -0.05) is 6.58 Å². The van der Waals surface area contributed by atoms with E-state index in [4.69, 9.17) is 10.6 Å². The summed E-state index contributed by atoms with van der Waals surface area (Å²) in [5.41, 5.74) is 2.23. The van der Waals surface area contributed by atoms with Crippen LogP contribution in [0.4, 0.5) is 10.1 Å². The van der Waals surface area contributed by atoms with Gasteiger partial charge in [0.2, 0.25) is 5.43 Å². The molecule has 0 aliphatic carbocycles. The third-order valence-electron chi connectivity index (χ3n) is 3.62. The molecular formula is C14H14FN3O3. The predicted molar refractivity (Wildman–Crippen MR) is 77.8 cm³/mol. The fourth-order valence-electron chi connectivity index (χ4n) is 2.57.